The summed E-state index contributed by atoms with van der Waals surface area (Å²) in [5.41, 5.74) is 2.54. The molecule has 2 aromatic heterocycles. The van der Waals surface area contributed by atoms with E-state index in [4.69, 9.17) is 10.3 Å². The third-order valence-electron chi connectivity index (χ3n) is 2.65. The first-order valence-corrected chi connectivity index (χ1v) is 5.35. The van der Waals surface area contributed by atoms with Crippen LogP contribution in [0.15, 0.2) is 27.7 Å². The first-order chi connectivity index (χ1) is 8.52. The van der Waals surface area contributed by atoms with Crippen LogP contribution < -0.4 is 17.0 Å². The highest BCUT2D eigenvalue weighted by Gasteiger charge is 2.15. The minimum Gasteiger partial charge on any atom is -0.454 e. The van der Waals surface area contributed by atoms with Crippen molar-refractivity contribution in [1.29, 1.82) is 0 Å². The Morgan fingerprint density at radius 3 is 2.78 bits per heavy atom. The summed E-state index contributed by atoms with van der Waals surface area (Å²) in [6, 6.07) is 1.71. The summed E-state index contributed by atoms with van der Waals surface area (Å²) in [5.74, 6) is 5.25. The standard InChI is InChI=1S/C11H14N4O3/c1-7-5-8(18-9(7)10(16)13-12)6-15-4-3-14(2)11(15)17/h3-5H,6,12H2,1-2H3,(H,13,16). The minimum atomic E-state index is -0.487. The number of imidazole rings is 1. The van der Waals surface area contributed by atoms with E-state index in [1.165, 1.54) is 9.13 Å². The molecule has 7 heteroatoms. The van der Waals surface area contributed by atoms with E-state index in [0.717, 1.165) is 0 Å². The molecule has 0 bridgehead atoms. The fourth-order valence-corrected chi connectivity index (χ4v) is 1.72. The Kier molecular flexibility index (Phi) is 3.07. The largest absolute Gasteiger partial charge is 0.454 e. The second-order valence-electron chi connectivity index (χ2n) is 4.02. The molecule has 2 heterocycles. The first-order valence-electron chi connectivity index (χ1n) is 5.35. The van der Waals surface area contributed by atoms with Gasteiger partial charge in [0, 0.05) is 25.0 Å². The molecule has 7 nitrogen and oxygen atoms in total. The zero-order valence-electron chi connectivity index (χ0n) is 10.1. The van der Waals surface area contributed by atoms with E-state index in [2.05, 4.69) is 0 Å². The maximum absolute atomic E-state index is 11.6. The molecule has 0 saturated heterocycles. The van der Waals surface area contributed by atoms with Crippen molar-refractivity contribution >= 4 is 5.91 Å². The van der Waals surface area contributed by atoms with Crippen LogP contribution >= 0.6 is 0 Å². The molecule has 0 atom stereocenters. The van der Waals surface area contributed by atoms with Gasteiger partial charge in [0.05, 0.1) is 6.54 Å². The smallest absolute Gasteiger partial charge is 0.328 e. The number of nitrogens with zero attached hydrogens (tertiary/aromatic N) is 2. The molecule has 0 aromatic carbocycles. The second kappa shape index (κ2) is 4.53. The maximum atomic E-state index is 11.6. The lowest BCUT2D eigenvalue weighted by Gasteiger charge is -1.98. The van der Waals surface area contributed by atoms with Gasteiger partial charge >= 0.3 is 11.6 Å². The molecule has 0 radical (unpaired) electrons. The number of aryl methyl sites for hydroxylation is 2. The summed E-state index contributed by atoms with van der Waals surface area (Å²) in [7, 11) is 1.67. The molecule has 2 aromatic rings. The van der Waals surface area contributed by atoms with Crippen LogP contribution in [0.5, 0.6) is 0 Å². The quantitative estimate of drug-likeness (QED) is 0.445. The van der Waals surface area contributed by atoms with Gasteiger partial charge in [0.2, 0.25) is 0 Å². The van der Waals surface area contributed by atoms with Crippen molar-refractivity contribution in [2.24, 2.45) is 12.9 Å². The number of nitrogens with two attached hydrogens (primary N) is 1. The van der Waals surface area contributed by atoms with E-state index in [9.17, 15) is 9.59 Å². The Morgan fingerprint density at radius 1 is 1.50 bits per heavy atom. The lowest BCUT2D eigenvalue weighted by molar-refractivity contribution is 0.0923. The summed E-state index contributed by atoms with van der Waals surface area (Å²) in [6.45, 7) is 2.02. The Labute approximate surface area is 103 Å². The van der Waals surface area contributed by atoms with E-state index in [1.54, 1.807) is 32.4 Å². The highest BCUT2D eigenvalue weighted by atomic mass is 16.4. The van der Waals surface area contributed by atoms with E-state index in [1.807, 2.05) is 5.43 Å². The number of aromatic nitrogens is 2. The number of nitrogens with one attached hydrogen (secondary N) is 1. The number of carbonyl (C=O) groups excluding carboxylic acids is 1. The van der Waals surface area contributed by atoms with Crippen LogP contribution in [-0.4, -0.2) is 15.0 Å². The zero-order valence-corrected chi connectivity index (χ0v) is 10.1. The molecule has 0 aliphatic carbocycles. The maximum Gasteiger partial charge on any atom is 0.328 e. The van der Waals surface area contributed by atoms with Crippen LogP contribution in [0.3, 0.4) is 0 Å². The number of hydrogen-bond acceptors (Lipinski definition) is 4. The fourth-order valence-electron chi connectivity index (χ4n) is 1.72. The average molecular weight is 250 g/mol. The summed E-state index contributed by atoms with van der Waals surface area (Å²) >= 11 is 0. The Hall–Kier alpha value is -2.28. The molecular formula is C11H14N4O3. The van der Waals surface area contributed by atoms with E-state index in [0.29, 0.717) is 11.3 Å². The van der Waals surface area contributed by atoms with Crippen molar-refractivity contribution < 1.29 is 9.21 Å². The normalized spacial score (nSPS) is 10.6. The predicted octanol–water partition coefficient (Wildman–Crippen LogP) is -0.260. The van der Waals surface area contributed by atoms with Gasteiger partial charge in [0.15, 0.2) is 5.76 Å². The predicted molar refractivity (Wildman–Crippen MR) is 63.9 cm³/mol. The Bertz CT molecular complexity index is 635. The molecular weight excluding hydrogens is 236 g/mol. The molecule has 0 unspecified atom stereocenters. The van der Waals surface area contributed by atoms with Crippen molar-refractivity contribution in [3.8, 4) is 0 Å². The first kappa shape index (κ1) is 12.2. The molecule has 0 aliphatic heterocycles. The lowest BCUT2D eigenvalue weighted by Crippen LogP contribution is -2.30. The summed E-state index contributed by atoms with van der Waals surface area (Å²) in [4.78, 5) is 23.0. The zero-order chi connectivity index (χ0) is 13.3. The molecule has 2 rings (SSSR count). The van der Waals surface area contributed by atoms with Gasteiger partial charge in [0.1, 0.15) is 5.76 Å². The summed E-state index contributed by atoms with van der Waals surface area (Å²) in [5, 5.41) is 0. The minimum absolute atomic E-state index is 0.145. The number of hydrogen-bond donors (Lipinski definition) is 2. The van der Waals surface area contributed by atoms with Gasteiger partial charge in [-0.1, -0.05) is 0 Å². The number of amides is 1. The second-order valence-corrected chi connectivity index (χ2v) is 4.02. The van der Waals surface area contributed by atoms with Gasteiger partial charge < -0.3 is 8.98 Å². The third kappa shape index (κ3) is 2.07. The summed E-state index contributed by atoms with van der Waals surface area (Å²) < 4.78 is 8.32. The van der Waals surface area contributed by atoms with Crippen molar-refractivity contribution in [1.82, 2.24) is 14.6 Å². The third-order valence-corrected chi connectivity index (χ3v) is 2.65. The van der Waals surface area contributed by atoms with Crippen molar-refractivity contribution in [3.05, 3.63) is 46.0 Å². The van der Waals surface area contributed by atoms with Gasteiger partial charge in [-0.15, -0.1) is 0 Å². The molecule has 0 saturated carbocycles. The molecule has 3 N–H and O–H groups in total. The lowest BCUT2D eigenvalue weighted by atomic mass is 10.2. The highest BCUT2D eigenvalue weighted by Crippen LogP contribution is 2.15. The highest BCUT2D eigenvalue weighted by molar-refractivity contribution is 5.92. The fraction of sp³-hybridized carbons (Fsp3) is 0.273. The van der Waals surface area contributed by atoms with Crippen LogP contribution in [0.4, 0.5) is 0 Å². The molecule has 0 spiro atoms. The van der Waals surface area contributed by atoms with Crippen molar-refractivity contribution in [3.63, 3.8) is 0 Å². The molecule has 0 aliphatic rings. The molecule has 18 heavy (non-hydrogen) atoms. The van der Waals surface area contributed by atoms with E-state index in [-0.39, 0.29) is 18.0 Å². The SMILES string of the molecule is Cc1cc(Cn2ccn(C)c2=O)oc1C(=O)NN. The van der Waals surface area contributed by atoms with Crippen LogP contribution in [0, 0.1) is 6.92 Å². The average Bonchev–Trinajstić information content (AvgIpc) is 2.86. The van der Waals surface area contributed by atoms with Gasteiger partial charge in [-0.05, 0) is 13.0 Å². The number of rotatable bonds is 3. The van der Waals surface area contributed by atoms with Crippen molar-refractivity contribution in [2.75, 3.05) is 0 Å². The van der Waals surface area contributed by atoms with Crippen LogP contribution in [0.1, 0.15) is 21.9 Å². The molecule has 96 valence electrons. The topological polar surface area (TPSA) is 95.2 Å². The van der Waals surface area contributed by atoms with Crippen LogP contribution in [-0.2, 0) is 13.6 Å². The van der Waals surface area contributed by atoms with E-state index < -0.39 is 5.91 Å². The van der Waals surface area contributed by atoms with Gasteiger partial charge in [-0.2, -0.15) is 0 Å². The number of hydrazine groups is 1. The number of furan rings is 1. The van der Waals surface area contributed by atoms with Crippen molar-refractivity contribution in [2.45, 2.75) is 13.5 Å². The van der Waals surface area contributed by atoms with Crippen LogP contribution in [0.25, 0.3) is 0 Å². The number of carbonyl (C=O) groups is 1. The monoisotopic (exact) mass is 250 g/mol. The van der Waals surface area contributed by atoms with Gasteiger partial charge in [-0.3, -0.25) is 14.8 Å². The van der Waals surface area contributed by atoms with Crippen LogP contribution in [0.2, 0.25) is 0 Å². The number of nitrogen functional groups attached to an aromatic ring is 1. The molecule has 0 fully saturated rings. The summed E-state index contributed by atoms with van der Waals surface area (Å²) in [6.07, 6.45) is 3.31. The molecule has 1 amide bonds. The van der Waals surface area contributed by atoms with E-state index >= 15 is 0 Å². The Morgan fingerprint density at radius 2 is 2.22 bits per heavy atom. The van der Waals surface area contributed by atoms with Gasteiger partial charge in [-0.25, -0.2) is 10.6 Å². The van der Waals surface area contributed by atoms with Gasteiger partial charge in [0.25, 0.3) is 0 Å². The Balaban J connectivity index is 2.28.